The van der Waals surface area contributed by atoms with E-state index < -0.39 is 5.97 Å². The van der Waals surface area contributed by atoms with E-state index in [4.69, 9.17) is 14.3 Å². The summed E-state index contributed by atoms with van der Waals surface area (Å²) < 4.78 is 12.0. The molecule has 22 heavy (non-hydrogen) atoms. The van der Waals surface area contributed by atoms with Gasteiger partial charge in [-0.1, -0.05) is 0 Å². The number of rotatable bonds is 4. The smallest absolute Gasteiger partial charge is 0.339 e. The van der Waals surface area contributed by atoms with Crippen LogP contribution in [0.3, 0.4) is 0 Å². The predicted molar refractivity (Wildman–Crippen MR) is 78.3 cm³/mol. The van der Waals surface area contributed by atoms with Crippen LogP contribution in [0.4, 0.5) is 0 Å². The summed E-state index contributed by atoms with van der Waals surface area (Å²) in [7, 11) is 1.76. The molecule has 3 heterocycles. The molecule has 114 valence electrons. The number of nitrogens with zero attached hydrogens (tertiary/aromatic N) is 3. The molecule has 3 aromatic rings. The largest absolute Gasteiger partial charge is 0.463 e. The minimum atomic E-state index is -0.523. The van der Waals surface area contributed by atoms with E-state index >= 15 is 0 Å². The third-order valence-corrected chi connectivity index (χ3v) is 3.29. The topological polar surface area (TPSA) is 90.4 Å². The van der Waals surface area contributed by atoms with E-state index in [1.807, 2.05) is 0 Å². The number of aromatic nitrogens is 3. The maximum atomic E-state index is 12.3. The second kappa shape index (κ2) is 5.61. The summed E-state index contributed by atoms with van der Waals surface area (Å²) in [5.74, 6) is 0.0299. The van der Waals surface area contributed by atoms with Crippen molar-refractivity contribution in [3.8, 4) is 11.5 Å². The molecule has 0 aromatic carbocycles. The normalized spacial score (nSPS) is 11.0. The number of fused-ring (bicyclic) bond motifs is 1. The summed E-state index contributed by atoms with van der Waals surface area (Å²) in [6.45, 7) is 1.52. The van der Waals surface area contributed by atoms with Crippen LogP contribution < -0.4 is 0 Å². The van der Waals surface area contributed by atoms with Gasteiger partial charge in [0.05, 0.1) is 29.5 Å². The summed E-state index contributed by atoms with van der Waals surface area (Å²) in [5.41, 5.74) is 2.14. The lowest BCUT2D eigenvalue weighted by Crippen LogP contribution is -2.10. The van der Waals surface area contributed by atoms with Gasteiger partial charge in [0.2, 0.25) is 0 Å². The lowest BCUT2D eigenvalue weighted by molar-refractivity contribution is 0.0436. The lowest BCUT2D eigenvalue weighted by atomic mass is 10.1. The van der Waals surface area contributed by atoms with Crippen LogP contribution in [0.15, 0.2) is 28.9 Å². The molecule has 0 aliphatic carbocycles. The maximum Gasteiger partial charge on any atom is 0.339 e. The van der Waals surface area contributed by atoms with E-state index in [-0.39, 0.29) is 13.2 Å². The third-order valence-electron chi connectivity index (χ3n) is 3.29. The van der Waals surface area contributed by atoms with Crippen molar-refractivity contribution >= 4 is 17.0 Å². The SMILES string of the molecule is Cc1nn(C)c2nc(-c3ccco3)cc(C(=O)OCCO)c12. The molecule has 0 bridgehead atoms. The molecule has 1 N–H and O–H groups in total. The number of hydrogen-bond donors (Lipinski definition) is 1. The Balaban J connectivity index is 2.21. The highest BCUT2D eigenvalue weighted by molar-refractivity contribution is 6.04. The zero-order valence-corrected chi connectivity index (χ0v) is 12.2. The van der Waals surface area contributed by atoms with E-state index in [1.165, 1.54) is 0 Å². The number of pyridine rings is 1. The van der Waals surface area contributed by atoms with Gasteiger partial charge < -0.3 is 14.3 Å². The number of aryl methyl sites for hydroxylation is 2. The van der Waals surface area contributed by atoms with E-state index in [0.717, 1.165) is 0 Å². The quantitative estimate of drug-likeness (QED) is 0.737. The number of furan rings is 1. The van der Waals surface area contributed by atoms with E-state index in [0.29, 0.717) is 33.7 Å². The fraction of sp³-hybridized carbons (Fsp3) is 0.267. The summed E-state index contributed by atoms with van der Waals surface area (Å²) >= 11 is 0. The van der Waals surface area contributed by atoms with Gasteiger partial charge in [0.1, 0.15) is 12.3 Å². The van der Waals surface area contributed by atoms with Gasteiger partial charge in [0, 0.05) is 7.05 Å². The standard InChI is InChI=1S/C15H15N3O4/c1-9-13-10(15(20)22-7-5-19)8-11(12-4-3-6-21-12)16-14(13)18(2)17-9/h3-4,6,8,19H,5,7H2,1-2H3. The molecule has 0 unspecified atom stereocenters. The number of carbonyl (C=O) groups excluding carboxylic acids is 1. The van der Waals surface area contributed by atoms with Gasteiger partial charge >= 0.3 is 5.97 Å². The van der Waals surface area contributed by atoms with Gasteiger partial charge in [-0.15, -0.1) is 0 Å². The highest BCUT2D eigenvalue weighted by atomic mass is 16.5. The first kappa shape index (κ1) is 14.3. The van der Waals surface area contributed by atoms with Crippen molar-refractivity contribution in [2.45, 2.75) is 6.92 Å². The molecule has 0 saturated carbocycles. The first-order valence-corrected chi connectivity index (χ1v) is 6.78. The Morgan fingerprint density at radius 2 is 2.32 bits per heavy atom. The Labute approximate surface area is 126 Å². The van der Waals surface area contributed by atoms with Crippen LogP contribution in [0.2, 0.25) is 0 Å². The molecule has 0 aliphatic heterocycles. The van der Waals surface area contributed by atoms with Crippen molar-refractivity contribution in [1.29, 1.82) is 0 Å². The van der Waals surface area contributed by atoms with Crippen molar-refractivity contribution in [3.63, 3.8) is 0 Å². The van der Waals surface area contributed by atoms with Gasteiger partial charge in [-0.25, -0.2) is 9.78 Å². The van der Waals surface area contributed by atoms with Crippen molar-refractivity contribution in [3.05, 3.63) is 35.7 Å². The van der Waals surface area contributed by atoms with Crippen LogP contribution in [0.25, 0.3) is 22.5 Å². The van der Waals surface area contributed by atoms with Gasteiger partial charge in [-0.05, 0) is 25.1 Å². The molecular formula is C15H15N3O4. The third kappa shape index (κ3) is 2.35. The molecule has 3 aromatic heterocycles. The minimum Gasteiger partial charge on any atom is -0.463 e. The van der Waals surface area contributed by atoms with Crippen LogP contribution in [0.5, 0.6) is 0 Å². The second-order valence-electron chi connectivity index (χ2n) is 4.80. The van der Waals surface area contributed by atoms with Crippen LogP contribution in [0.1, 0.15) is 16.1 Å². The van der Waals surface area contributed by atoms with Crippen molar-refractivity contribution < 1.29 is 19.1 Å². The highest BCUT2D eigenvalue weighted by Crippen LogP contribution is 2.27. The van der Waals surface area contributed by atoms with Gasteiger partial charge in [0.25, 0.3) is 0 Å². The summed E-state index contributed by atoms with van der Waals surface area (Å²) in [5, 5.41) is 13.8. The molecule has 0 spiro atoms. The fourth-order valence-electron chi connectivity index (χ4n) is 2.37. The first-order chi connectivity index (χ1) is 10.6. The lowest BCUT2D eigenvalue weighted by Gasteiger charge is -2.07. The summed E-state index contributed by atoms with van der Waals surface area (Å²) in [4.78, 5) is 16.8. The van der Waals surface area contributed by atoms with Crippen LogP contribution in [-0.2, 0) is 11.8 Å². The van der Waals surface area contributed by atoms with E-state index in [2.05, 4.69) is 10.1 Å². The van der Waals surface area contributed by atoms with Crippen LogP contribution in [-0.4, -0.2) is 39.1 Å². The number of esters is 1. The molecule has 7 heteroatoms. The monoisotopic (exact) mass is 301 g/mol. The number of ether oxygens (including phenoxy) is 1. The minimum absolute atomic E-state index is 0.0575. The van der Waals surface area contributed by atoms with Crippen molar-refractivity contribution in [2.75, 3.05) is 13.2 Å². The molecule has 0 amide bonds. The molecule has 0 radical (unpaired) electrons. The Hall–Kier alpha value is -2.67. The number of carbonyl (C=O) groups is 1. The Morgan fingerprint density at radius 1 is 1.50 bits per heavy atom. The maximum absolute atomic E-state index is 12.3. The molecule has 3 rings (SSSR count). The average Bonchev–Trinajstić information content (AvgIpc) is 3.13. The van der Waals surface area contributed by atoms with Gasteiger partial charge in [0.15, 0.2) is 11.4 Å². The zero-order chi connectivity index (χ0) is 15.7. The predicted octanol–water partition coefficient (Wildman–Crippen LogP) is 1.69. The first-order valence-electron chi connectivity index (χ1n) is 6.78. The van der Waals surface area contributed by atoms with Gasteiger partial charge in [-0.2, -0.15) is 5.10 Å². The highest BCUT2D eigenvalue weighted by Gasteiger charge is 2.20. The van der Waals surface area contributed by atoms with Gasteiger partial charge in [-0.3, -0.25) is 4.68 Å². The number of hydrogen-bond acceptors (Lipinski definition) is 6. The molecule has 0 atom stereocenters. The van der Waals surface area contributed by atoms with Crippen molar-refractivity contribution in [1.82, 2.24) is 14.8 Å². The fourth-order valence-corrected chi connectivity index (χ4v) is 2.37. The molecule has 0 fully saturated rings. The molecule has 7 nitrogen and oxygen atoms in total. The van der Waals surface area contributed by atoms with E-state index in [1.54, 1.807) is 43.1 Å². The Bertz CT molecular complexity index is 821. The molecule has 0 saturated heterocycles. The average molecular weight is 301 g/mol. The second-order valence-corrected chi connectivity index (χ2v) is 4.80. The van der Waals surface area contributed by atoms with Crippen LogP contribution >= 0.6 is 0 Å². The zero-order valence-electron chi connectivity index (χ0n) is 12.2. The van der Waals surface area contributed by atoms with E-state index in [9.17, 15) is 4.79 Å². The van der Waals surface area contributed by atoms with Crippen LogP contribution in [0, 0.1) is 6.92 Å². The van der Waals surface area contributed by atoms with Crippen molar-refractivity contribution in [2.24, 2.45) is 7.05 Å². The summed E-state index contributed by atoms with van der Waals surface area (Å²) in [6.07, 6.45) is 1.54. The molecular weight excluding hydrogens is 286 g/mol. The number of aliphatic hydroxyl groups is 1. The Kier molecular flexibility index (Phi) is 3.64. The molecule has 0 aliphatic rings. The Morgan fingerprint density at radius 3 is 3.00 bits per heavy atom. The summed E-state index contributed by atoms with van der Waals surface area (Å²) in [6, 6.07) is 5.13. The number of aliphatic hydroxyl groups excluding tert-OH is 1.